The van der Waals surface area contributed by atoms with Gasteiger partial charge in [0.25, 0.3) is 0 Å². The average molecular weight is 350 g/mol. The van der Waals surface area contributed by atoms with Gasteiger partial charge in [0.15, 0.2) is 5.96 Å². The summed E-state index contributed by atoms with van der Waals surface area (Å²) in [5, 5.41) is 12.9. The Morgan fingerprint density at radius 3 is 2.52 bits per heavy atom. The Bertz CT molecular complexity index is 567. The Morgan fingerprint density at radius 1 is 1.28 bits per heavy atom. The molecule has 1 aliphatic heterocycles. The fourth-order valence-electron chi connectivity index (χ4n) is 3.14. The van der Waals surface area contributed by atoms with E-state index in [2.05, 4.69) is 15.2 Å². The Morgan fingerprint density at radius 2 is 1.96 bits per heavy atom. The molecule has 0 amide bonds. The number of likely N-dealkylation sites (tertiary alicyclic amines) is 1. The molecule has 1 aliphatic rings. The number of aliphatic hydroxyl groups excluding tert-OH is 1. The van der Waals surface area contributed by atoms with Crippen LogP contribution < -0.4 is 10.2 Å². The first kappa shape index (κ1) is 19.5. The highest BCUT2D eigenvalue weighted by Crippen LogP contribution is 2.21. The van der Waals surface area contributed by atoms with Gasteiger partial charge >= 0.3 is 0 Å². The lowest BCUT2D eigenvalue weighted by Gasteiger charge is -2.32. The minimum atomic E-state index is -0.208. The molecular formula is C19H31FN4O. The van der Waals surface area contributed by atoms with Gasteiger partial charge in [0.05, 0.1) is 18.3 Å². The molecule has 0 aromatic heterocycles. The first-order valence-electron chi connectivity index (χ1n) is 9.33. The molecule has 2 rings (SSSR count). The molecule has 1 fully saturated rings. The van der Waals surface area contributed by atoms with Gasteiger partial charge in [-0.3, -0.25) is 0 Å². The van der Waals surface area contributed by atoms with Crippen molar-refractivity contribution in [2.24, 2.45) is 4.99 Å². The summed E-state index contributed by atoms with van der Waals surface area (Å²) in [7, 11) is 0. The van der Waals surface area contributed by atoms with Crippen molar-refractivity contribution in [3.8, 4) is 0 Å². The number of halogens is 1. The second-order valence-corrected chi connectivity index (χ2v) is 6.35. The maximum absolute atomic E-state index is 14.4. The molecule has 1 heterocycles. The molecule has 0 aliphatic carbocycles. The van der Waals surface area contributed by atoms with E-state index < -0.39 is 0 Å². The first-order valence-corrected chi connectivity index (χ1v) is 9.33. The molecule has 1 saturated heterocycles. The van der Waals surface area contributed by atoms with Crippen molar-refractivity contribution in [1.29, 1.82) is 0 Å². The molecular weight excluding hydrogens is 319 g/mol. The molecule has 25 heavy (non-hydrogen) atoms. The zero-order chi connectivity index (χ0) is 18.2. The van der Waals surface area contributed by atoms with Gasteiger partial charge in [0.1, 0.15) is 5.82 Å². The van der Waals surface area contributed by atoms with Crippen LogP contribution in [0.3, 0.4) is 0 Å². The van der Waals surface area contributed by atoms with Crippen molar-refractivity contribution in [3.05, 3.63) is 29.6 Å². The number of aliphatic hydroxyl groups is 1. The van der Waals surface area contributed by atoms with E-state index in [9.17, 15) is 9.50 Å². The van der Waals surface area contributed by atoms with E-state index in [0.29, 0.717) is 12.2 Å². The highest BCUT2D eigenvalue weighted by atomic mass is 19.1. The van der Waals surface area contributed by atoms with E-state index in [1.165, 1.54) is 0 Å². The molecule has 6 heteroatoms. The van der Waals surface area contributed by atoms with E-state index in [1.807, 2.05) is 37.8 Å². The van der Waals surface area contributed by atoms with Crippen LogP contribution in [0.2, 0.25) is 0 Å². The van der Waals surface area contributed by atoms with Crippen LogP contribution in [0.5, 0.6) is 0 Å². The zero-order valence-electron chi connectivity index (χ0n) is 15.6. The van der Waals surface area contributed by atoms with Gasteiger partial charge in [0.2, 0.25) is 0 Å². The van der Waals surface area contributed by atoms with Crippen molar-refractivity contribution in [3.63, 3.8) is 0 Å². The smallest absolute Gasteiger partial charge is 0.194 e. The summed E-state index contributed by atoms with van der Waals surface area (Å²) in [4.78, 5) is 8.83. The fourth-order valence-corrected chi connectivity index (χ4v) is 3.14. The maximum atomic E-state index is 14.4. The standard InChI is InChI=1S/C19H31FN4O/c1-4-21-19(24-11-9-16(25)10-12-24)22-14-15-7-8-18(17(20)13-15)23(5-2)6-3/h7-8,13,16,25H,4-6,9-12,14H2,1-3H3,(H,21,22). The molecule has 0 saturated carbocycles. The second kappa shape index (κ2) is 9.61. The van der Waals surface area contributed by atoms with Crippen molar-refractivity contribution in [2.75, 3.05) is 37.6 Å². The normalized spacial score (nSPS) is 16.2. The third-order valence-corrected chi connectivity index (χ3v) is 4.63. The molecule has 1 aromatic carbocycles. The number of guanidine groups is 1. The van der Waals surface area contributed by atoms with Crippen molar-refractivity contribution in [2.45, 2.75) is 46.3 Å². The summed E-state index contributed by atoms with van der Waals surface area (Å²) in [5.74, 6) is 0.644. The van der Waals surface area contributed by atoms with E-state index in [1.54, 1.807) is 6.07 Å². The van der Waals surface area contributed by atoms with Crippen molar-refractivity contribution in [1.82, 2.24) is 10.2 Å². The Balaban J connectivity index is 2.08. The van der Waals surface area contributed by atoms with E-state index in [4.69, 9.17) is 0 Å². The Hall–Kier alpha value is -1.82. The summed E-state index contributed by atoms with van der Waals surface area (Å²) in [6, 6.07) is 5.38. The van der Waals surface area contributed by atoms with E-state index in [0.717, 1.165) is 57.1 Å². The van der Waals surface area contributed by atoms with Gasteiger partial charge in [-0.2, -0.15) is 0 Å². The minimum Gasteiger partial charge on any atom is -0.393 e. The number of aliphatic imine (C=N–C) groups is 1. The van der Waals surface area contributed by atoms with Crippen LogP contribution >= 0.6 is 0 Å². The van der Waals surface area contributed by atoms with Gasteiger partial charge in [-0.05, 0) is 51.3 Å². The number of benzene rings is 1. The molecule has 0 atom stereocenters. The highest BCUT2D eigenvalue weighted by molar-refractivity contribution is 5.80. The summed E-state index contributed by atoms with van der Waals surface area (Å²) in [5.41, 5.74) is 1.51. The maximum Gasteiger partial charge on any atom is 0.194 e. The van der Waals surface area contributed by atoms with Crippen LogP contribution in [-0.4, -0.2) is 54.8 Å². The van der Waals surface area contributed by atoms with Gasteiger partial charge in [-0.25, -0.2) is 9.38 Å². The molecule has 0 bridgehead atoms. The minimum absolute atomic E-state index is 0.192. The van der Waals surface area contributed by atoms with Crippen LogP contribution in [0.1, 0.15) is 39.2 Å². The molecule has 0 radical (unpaired) electrons. The average Bonchev–Trinajstić information content (AvgIpc) is 2.62. The van der Waals surface area contributed by atoms with Gasteiger partial charge in [-0.1, -0.05) is 6.07 Å². The molecule has 5 nitrogen and oxygen atoms in total. The number of nitrogens with zero attached hydrogens (tertiary/aromatic N) is 3. The molecule has 0 spiro atoms. The van der Waals surface area contributed by atoms with E-state index in [-0.39, 0.29) is 11.9 Å². The quantitative estimate of drug-likeness (QED) is 0.612. The lowest BCUT2D eigenvalue weighted by Crippen LogP contribution is -2.46. The van der Waals surface area contributed by atoms with Crippen LogP contribution in [0, 0.1) is 5.82 Å². The first-order chi connectivity index (χ1) is 12.1. The number of hydrogen-bond acceptors (Lipinski definition) is 3. The SMILES string of the molecule is CCNC(=NCc1ccc(N(CC)CC)c(F)c1)N1CCC(O)CC1. The number of hydrogen-bond donors (Lipinski definition) is 2. The van der Waals surface area contributed by atoms with Crippen molar-refractivity contribution >= 4 is 11.6 Å². The van der Waals surface area contributed by atoms with Crippen LogP contribution in [-0.2, 0) is 6.54 Å². The summed E-state index contributed by atoms with van der Waals surface area (Å²) >= 11 is 0. The lowest BCUT2D eigenvalue weighted by molar-refractivity contribution is 0.108. The lowest BCUT2D eigenvalue weighted by atomic mass is 10.1. The molecule has 0 unspecified atom stereocenters. The third kappa shape index (κ3) is 5.33. The Labute approximate surface area is 150 Å². The van der Waals surface area contributed by atoms with Gasteiger partial charge < -0.3 is 20.2 Å². The number of anilines is 1. The largest absolute Gasteiger partial charge is 0.393 e. The fraction of sp³-hybridized carbons (Fsp3) is 0.632. The van der Waals surface area contributed by atoms with Crippen molar-refractivity contribution < 1.29 is 9.50 Å². The predicted octanol–water partition coefficient (Wildman–Crippen LogP) is 2.59. The summed E-state index contributed by atoms with van der Waals surface area (Å²) in [6.45, 7) is 10.5. The third-order valence-electron chi connectivity index (χ3n) is 4.63. The van der Waals surface area contributed by atoms with Crippen LogP contribution in [0.25, 0.3) is 0 Å². The zero-order valence-corrected chi connectivity index (χ0v) is 15.6. The number of rotatable bonds is 6. The topological polar surface area (TPSA) is 51.1 Å². The molecule has 1 aromatic rings. The highest BCUT2D eigenvalue weighted by Gasteiger charge is 2.19. The van der Waals surface area contributed by atoms with Crippen LogP contribution in [0.15, 0.2) is 23.2 Å². The monoisotopic (exact) mass is 350 g/mol. The van der Waals surface area contributed by atoms with E-state index >= 15 is 0 Å². The Kier molecular flexibility index (Phi) is 7.50. The van der Waals surface area contributed by atoms with Gasteiger partial charge in [-0.15, -0.1) is 0 Å². The molecule has 140 valence electrons. The number of nitrogens with one attached hydrogen (secondary N) is 1. The molecule has 2 N–H and O–H groups in total. The second-order valence-electron chi connectivity index (χ2n) is 6.35. The number of piperidine rings is 1. The van der Waals surface area contributed by atoms with Crippen LogP contribution in [0.4, 0.5) is 10.1 Å². The van der Waals surface area contributed by atoms with Gasteiger partial charge in [0, 0.05) is 32.7 Å². The summed E-state index contributed by atoms with van der Waals surface area (Å²) in [6.07, 6.45) is 1.32. The summed E-state index contributed by atoms with van der Waals surface area (Å²) < 4.78 is 14.4. The predicted molar refractivity (Wildman–Crippen MR) is 102 cm³/mol.